The van der Waals surface area contributed by atoms with Crippen molar-refractivity contribution in [3.63, 3.8) is 0 Å². The third kappa shape index (κ3) is 4.08. The molecule has 1 aromatic rings. The van der Waals surface area contributed by atoms with E-state index < -0.39 is 10.0 Å². The molecule has 1 aromatic carbocycles. The Balaban J connectivity index is 2.69. The molecule has 0 spiro atoms. The van der Waals surface area contributed by atoms with Gasteiger partial charge in [0.15, 0.2) is 0 Å². The zero-order valence-corrected chi connectivity index (χ0v) is 10.2. The molecule has 16 heavy (non-hydrogen) atoms. The Morgan fingerprint density at radius 2 is 2.12 bits per heavy atom. The Morgan fingerprint density at radius 1 is 1.44 bits per heavy atom. The normalized spacial score (nSPS) is 11.2. The number of hydrogen-bond acceptors (Lipinski definition) is 4. The summed E-state index contributed by atoms with van der Waals surface area (Å²) in [6, 6.07) is 5.64. The van der Waals surface area contributed by atoms with Crippen molar-refractivity contribution in [2.75, 3.05) is 24.7 Å². The highest BCUT2D eigenvalue weighted by Gasteiger charge is 2.05. The van der Waals surface area contributed by atoms with Crippen LogP contribution in [0.25, 0.3) is 0 Å². The summed E-state index contributed by atoms with van der Waals surface area (Å²) < 4.78 is 26.6. The number of nitrogens with one attached hydrogen (secondary N) is 1. The second-order valence-electron chi connectivity index (χ2n) is 3.50. The maximum Gasteiger partial charge on any atom is 0.210 e. The lowest BCUT2D eigenvalue weighted by molar-refractivity contribution is 0.416. The van der Waals surface area contributed by atoms with E-state index in [2.05, 4.69) is 5.32 Å². The van der Waals surface area contributed by atoms with Gasteiger partial charge in [-0.15, -0.1) is 0 Å². The molecule has 5 nitrogen and oxygen atoms in total. The largest absolute Gasteiger partial charge is 0.495 e. The van der Waals surface area contributed by atoms with Gasteiger partial charge in [-0.05, 0) is 24.6 Å². The molecule has 3 N–H and O–H groups in total. The first kappa shape index (κ1) is 12.8. The van der Waals surface area contributed by atoms with Crippen LogP contribution in [-0.4, -0.2) is 27.8 Å². The van der Waals surface area contributed by atoms with Crippen molar-refractivity contribution in [2.45, 2.75) is 6.92 Å². The fourth-order valence-corrected chi connectivity index (χ4v) is 1.67. The molecule has 0 atom stereocenters. The van der Waals surface area contributed by atoms with Gasteiger partial charge in [-0.3, -0.25) is 0 Å². The van der Waals surface area contributed by atoms with Crippen LogP contribution in [0, 0.1) is 6.92 Å². The minimum atomic E-state index is -3.43. The molecule has 0 saturated heterocycles. The summed E-state index contributed by atoms with van der Waals surface area (Å²) >= 11 is 0. The Bertz CT molecular complexity index is 457. The zero-order valence-electron chi connectivity index (χ0n) is 9.36. The summed E-state index contributed by atoms with van der Waals surface area (Å²) in [5.41, 5.74) is 1.84. The first-order valence-corrected chi connectivity index (χ1v) is 6.53. The molecule has 0 bridgehead atoms. The first-order chi connectivity index (χ1) is 7.42. The van der Waals surface area contributed by atoms with Gasteiger partial charge in [-0.25, -0.2) is 13.6 Å². The highest BCUT2D eigenvalue weighted by atomic mass is 32.2. The van der Waals surface area contributed by atoms with Crippen LogP contribution in [0.4, 0.5) is 5.69 Å². The van der Waals surface area contributed by atoms with Crippen molar-refractivity contribution in [2.24, 2.45) is 5.14 Å². The first-order valence-electron chi connectivity index (χ1n) is 4.81. The molecule has 0 aromatic heterocycles. The van der Waals surface area contributed by atoms with E-state index in [1.807, 2.05) is 25.1 Å². The number of anilines is 1. The van der Waals surface area contributed by atoms with E-state index in [0.29, 0.717) is 5.75 Å². The van der Waals surface area contributed by atoms with E-state index in [1.165, 1.54) is 0 Å². The molecule has 0 unspecified atom stereocenters. The topological polar surface area (TPSA) is 81.4 Å². The summed E-state index contributed by atoms with van der Waals surface area (Å²) in [5.74, 6) is 0.574. The highest BCUT2D eigenvalue weighted by Crippen LogP contribution is 2.24. The number of nitrogens with two attached hydrogens (primary N) is 1. The van der Waals surface area contributed by atoms with Crippen molar-refractivity contribution >= 4 is 15.7 Å². The summed E-state index contributed by atoms with van der Waals surface area (Å²) in [5, 5.41) is 7.88. The third-order valence-corrected chi connectivity index (χ3v) is 2.83. The van der Waals surface area contributed by atoms with E-state index in [4.69, 9.17) is 9.88 Å². The standard InChI is InChI=1S/C10H16N2O3S/c1-8-3-4-10(15-2)9(7-8)12-5-6-16(11,13)14/h3-4,7,12H,5-6H2,1-2H3,(H2,11,13,14). The predicted molar refractivity (Wildman–Crippen MR) is 64.2 cm³/mol. The van der Waals surface area contributed by atoms with Crippen LogP contribution < -0.4 is 15.2 Å². The lowest BCUT2D eigenvalue weighted by Crippen LogP contribution is -2.22. The van der Waals surface area contributed by atoms with Crippen LogP contribution in [0.3, 0.4) is 0 Å². The van der Waals surface area contributed by atoms with Crippen molar-refractivity contribution in [3.8, 4) is 5.75 Å². The van der Waals surface area contributed by atoms with E-state index in [1.54, 1.807) is 7.11 Å². The summed E-state index contributed by atoms with van der Waals surface area (Å²) in [6.07, 6.45) is 0. The number of methoxy groups -OCH3 is 1. The maximum atomic E-state index is 10.7. The maximum absolute atomic E-state index is 10.7. The van der Waals surface area contributed by atoms with E-state index in [9.17, 15) is 8.42 Å². The Hall–Kier alpha value is -1.27. The smallest absolute Gasteiger partial charge is 0.210 e. The molecule has 6 heteroatoms. The number of sulfonamides is 1. The van der Waals surface area contributed by atoms with Crippen LogP contribution in [-0.2, 0) is 10.0 Å². The molecule has 0 heterocycles. The highest BCUT2D eigenvalue weighted by molar-refractivity contribution is 7.89. The van der Waals surface area contributed by atoms with E-state index in [-0.39, 0.29) is 12.3 Å². The summed E-state index contributed by atoms with van der Waals surface area (Å²) in [4.78, 5) is 0. The lowest BCUT2D eigenvalue weighted by Gasteiger charge is -2.11. The van der Waals surface area contributed by atoms with Gasteiger partial charge in [0, 0.05) is 6.54 Å². The number of aryl methyl sites for hydroxylation is 1. The van der Waals surface area contributed by atoms with Crippen molar-refractivity contribution < 1.29 is 13.2 Å². The van der Waals surface area contributed by atoms with Crippen LogP contribution in [0.1, 0.15) is 5.56 Å². The van der Waals surface area contributed by atoms with Crippen LogP contribution in [0.15, 0.2) is 18.2 Å². The molecular weight excluding hydrogens is 228 g/mol. The quantitative estimate of drug-likeness (QED) is 0.799. The fraction of sp³-hybridized carbons (Fsp3) is 0.400. The molecule has 0 radical (unpaired) electrons. The van der Waals surface area contributed by atoms with Crippen LogP contribution in [0.5, 0.6) is 5.75 Å². The zero-order chi connectivity index (χ0) is 12.2. The van der Waals surface area contributed by atoms with E-state index >= 15 is 0 Å². The lowest BCUT2D eigenvalue weighted by atomic mass is 10.2. The van der Waals surface area contributed by atoms with Gasteiger partial charge in [0.1, 0.15) is 5.75 Å². The fourth-order valence-electron chi connectivity index (χ4n) is 1.29. The Labute approximate surface area is 95.7 Å². The molecule has 0 saturated carbocycles. The number of benzene rings is 1. The van der Waals surface area contributed by atoms with Crippen LogP contribution in [0.2, 0.25) is 0 Å². The Kier molecular flexibility index (Phi) is 4.14. The van der Waals surface area contributed by atoms with E-state index in [0.717, 1.165) is 11.3 Å². The SMILES string of the molecule is COc1ccc(C)cc1NCCS(N)(=O)=O. The second kappa shape index (κ2) is 5.18. The number of hydrogen-bond donors (Lipinski definition) is 2. The van der Waals surface area contributed by atoms with Gasteiger partial charge >= 0.3 is 0 Å². The number of rotatable bonds is 5. The van der Waals surface area contributed by atoms with Gasteiger partial charge in [-0.1, -0.05) is 6.07 Å². The number of primary sulfonamides is 1. The summed E-state index contributed by atoms with van der Waals surface area (Å²) in [6.45, 7) is 2.21. The number of ether oxygens (including phenoxy) is 1. The van der Waals surface area contributed by atoms with Gasteiger partial charge in [0.05, 0.1) is 18.6 Å². The average molecular weight is 244 g/mol. The molecule has 0 fully saturated rings. The monoisotopic (exact) mass is 244 g/mol. The molecule has 0 amide bonds. The second-order valence-corrected chi connectivity index (χ2v) is 5.23. The van der Waals surface area contributed by atoms with Gasteiger partial charge in [-0.2, -0.15) is 0 Å². The van der Waals surface area contributed by atoms with Gasteiger partial charge in [0.2, 0.25) is 10.0 Å². The molecular formula is C10H16N2O3S. The van der Waals surface area contributed by atoms with Gasteiger partial charge in [0.25, 0.3) is 0 Å². The predicted octanol–water partition coefficient (Wildman–Crippen LogP) is 0.704. The van der Waals surface area contributed by atoms with Gasteiger partial charge < -0.3 is 10.1 Å². The summed E-state index contributed by atoms with van der Waals surface area (Å²) in [7, 11) is -1.86. The van der Waals surface area contributed by atoms with Crippen molar-refractivity contribution in [1.29, 1.82) is 0 Å². The molecule has 0 aliphatic carbocycles. The van der Waals surface area contributed by atoms with Crippen molar-refractivity contribution in [3.05, 3.63) is 23.8 Å². The molecule has 90 valence electrons. The molecule has 0 aliphatic rings. The molecule has 0 aliphatic heterocycles. The third-order valence-electron chi connectivity index (χ3n) is 2.06. The minimum absolute atomic E-state index is 0.107. The average Bonchev–Trinajstić information content (AvgIpc) is 2.16. The Morgan fingerprint density at radius 3 is 2.69 bits per heavy atom. The minimum Gasteiger partial charge on any atom is -0.495 e. The van der Waals surface area contributed by atoms with Crippen LogP contribution >= 0.6 is 0 Å². The van der Waals surface area contributed by atoms with Crippen molar-refractivity contribution in [1.82, 2.24) is 0 Å². The molecule has 1 rings (SSSR count).